The van der Waals surface area contributed by atoms with Crippen molar-refractivity contribution in [2.24, 2.45) is 10.9 Å². The van der Waals surface area contributed by atoms with E-state index in [4.69, 9.17) is 4.74 Å². The second-order valence-corrected chi connectivity index (χ2v) is 6.63. The van der Waals surface area contributed by atoms with Gasteiger partial charge in [-0.15, -0.1) is 34.2 Å². The first-order valence-electron chi connectivity index (χ1n) is 9.28. The highest BCUT2D eigenvalue weighted by molar-refractivity contribution is 14.0. The van der Waals surface area contributed by atoms with Gasteiger partial charge in [-0.2, -0.15) is 0 Å². The van der Waals surface area contributed by atoms with E-state index in [0.29, 0.717) is 12.0 Å². The summed E-state index contributed by atoms with van der Waals surface area (Å²) in [6.45, 7) is 12.8. The quantitative estimate of drug-likeness (QED) is 0.329. The highest BCUT2D eigenvalue weighted by atomic mass is 127. The van der Waals surface area contributed by atoms with Crippen molar-refractivity contribution in [2.45, 2.75) is 39.8 Å². The Labute approximate surface area is 174 Å². The molecule has 0 bridgehead atoms. The number of nitrogens with zero attached hydrogens (tertiary/aromatic N) is 5. The number of hydrogen-bond donors (Lipinski definition) is 2. The molecule has 1 saturated heterocycles. The van der Waals surface area contributed by atoms with Crippen LogP contribution in [0.5, 0.6) is 0 Å². The molecule has 150 valence electrons. The van der Waals surface area contributed by atoms with Crippen LogP contribution < -0.4 is 10.6 Å². The van der Waals surface area contributed by atoms with Crippen molar-refractivity contribution >= 4 is 29.9 Å². The average molecular weight is 479 g/mol. The normalized spacial score (nSPS) is 17.0. The molecular weight excluding hydrogens is 445 g/mol. The maximum atomic E-state index is 5.47. The number of nitrogens with one attached hydrogen (secondary N) is 2. The summed E-state index contributed by atoms with van der Waals surface area (Å²) in [7, 11) is 1.81. The predicted molar refractivity (Wildman–Crippen MR) is 115 cm³/mol. The van der Waals surface area contributed by atoms with Crippen LogP contribution >= 0.6 is 24.0 Å². The number of hydrogen-bond acceptors (Lipinski definition) is 5. The third kappa shape index (κ3) is 6.99. The SMILES string of the molecule is CCc1nncn1CCNC(=NC)NCC(C(C)C)N1CCOCC1.I. The Balaban J connectivity index is 0.00000338. The molecule has 0 spiro atoms. The third-order valence-electron chi connectivity index (χ3n) is 4.64. The monoisotopic (exact) mass is 479 g/mol. The Bertz CT molecular complexity index is 529. The van der Waals surface area contributed by atoms with Gasteiger partial charge in [0.1, 0.15) is 12.2 Å². The van der Waals surface area contributed by atoms with E-state index < -0.39 is 0 Å². The molecule has 0 radical (unpaired) electrons. The summed E-state index contributed by atoms with van der Waals surface area (Å²) < 4.78 is 7.55. The van der Waals surface area contributed by atoms with Gasteiger partial charge in [-0.3, -0.25) is 9.89 Å². The molecule has 0 aromatic carbocycles. The zero-order valence-electron chi connectivity index (χ0n) is 16.4. The van der Waals surface area contributed by atoms with Crippen molar-refractivity contribution in [3.8, 4) is 0 Å². The van der Waals surface area contributed by atoms with Crippen LogP contribution in [0, 0.1) is 5.92 Å². The van der Waals surface area contributed by atoms with Crippen LogP contribution in [-0.4, -0.2) is 78.1 Å². The summed E-state index contributed by atoms with van der Waals surface area (Å²) in [5.41, 5.74) is 0. The Morgan fingerprint density at radius 1 is 1.31 bits per heavy atom. The van der Waals surface area contributed by atoms with Gasteiger partial charge in [0.2, 0.25) is 0 Å². The number of guanidine groups is 1. The molecule has 0 aliphatic carbocycles. The van der Waals surface area contributed by atoms with Crippen molar-refractivity contribution in [1.82, 2.24) is 30.3 Å². The molecule has 2 N–H and O–H groups in total. The lowest BCUT2D eigenvalue weighted by Gasteiger charge is -2.37. The smallest absolute Gasteiger partial charge is 0.191 e. The van der Waals surface area contributed by atoms with Crippen LogP contribution in [0.2, 0.25) is 0 Å². The molecule has 1 unspecified atom stereocenters. The lowest BCUT2D eigenvalue weighted by atomic mass is 10.0. The molecule has 1 aliphatic heterocycles. The lowest BCUT2D eigenvalue weighted by molar-refractivity contribution is 0.00752. The average Bonchev–Trinajstić information content (AvgIpc) is 3.08. The van der Waals surface area contributed by atoms with E-state index in [1.54, 1.807) is 6.33 Å². The maximum Gasteiger partial charge on any atom is 0.191 e. The van der Waals surface area contributed by atoms with Crippen molar-refractivity contribution in [3.05, 3.63) is 12.2 Å². The van der Waals surface area contributed by atoms with Gasteiger partial charge in [0.05, 0.1) is 13.2 Å². The molecule has 8 nitrogen and oxygen atoms in total. The van der Waals surface area contributed by atoms with E-state index in [0.717, 1.165) is 64.1 Å². The van der Waals surface area contributed by atoms with Gasteiger partial charge >= 0.3 is 0 Å². The van der Waals surface area contributed by atoms with E-state index in [9.17, 15) is 0 Å². The van der Waals surface area contributed by atoms with Crippen LogP contribution in [0.3, 0.4) is 0 Å². The second kappa shape index (κ2) is 12.4. The second-order valence-electron chi connectivity index (χ2n) is 6.63. The van der Waals surface area contributed by atoms with E-state index in [1.807, 2.05) is 7.05 Å². The first-order valence-corrected chi connectivity index (χ1v) is 9.28. The standard InChI is InChI=1S/C17H33N7O.HI/c1-5-16-22-21-13-24(16)7-6-19-17(18-4)20-12-15(14(2)3)23-8-10-25-11-9-23;/h13-15H,5-12H2,1-4H3,(H2,18,19,20);1H. The Kier molecular flexibility index (Phi) is 11.1. The van der Waals surface area contributed by atoms with Crippen molar-refractivity contribution in [1.29, 1.82) is 0 Å². The van der Waals surface area contributed by atoms with Gasteiger partial charge in [-0.1, -0.05) is 20.8 Å². The molecule has 1 fully saturated rings. The minimum absolute atomic E-state index is 0. The van der Waals surface area contributed by atoms with E-state index in [-0.39, 0.29) is 24.0 Å². The number of aliphatic imine (C=N–C) groups is 1. The van der Waals surface area contributed by atoms with Crippen LogP contribution in [0.25, 0.3) is 0 Å². The first-order chi connectivity index (χ1) is 12.2. The predicted octanol–water partition coefficient (Wildman–Crippen LogP) is 0.980. The van der Waals surface area contributed by atoms with Gasteiger partial charge in [0, 0.05) is 52.2 Å². The molecule has 0 saturated carbocycles. The van der Waals surface area contributed by atoms with Crippen molar-refractivity contribution in [3.63, 3.8) is 0 Å². The summed E-state index contributed by atoms with van der Waals surface area (Å²) in [6, 6.07) is 0.479. The molecule has 9 heteroatoms. The molecule has 26 heavy (non-hydrogen) atoms. The molecule has 2 heterocycles. The Morgan fingerprint density at radius 2 is 2.04 bits per heavy atom. The minimum atomic E-state index is 0. The summed E-state index contributed by atoms with van der Waals surface area (Å²) >= 11 is 0. The van der Waals surface area contributed by atoms with Crippen molar-refractivity contribution < 1.29 is 4.74 Å². The molecule has 1 aromatic heterocycles. The molecule has 1 atom stereocenters. The molecule has 2 rings (SSSR count). The van der Waals surface area contributed by atoms with E-state index in [1.165, 1.54) is 0 Å². The summed E-state index contributed by atoms with van der Waals surface area (Å²) in [5.74, 6) is 2.43. The molecule has 1 aliphatic rings. The number of morpholine rings is 1. The number of rotatable bonds is 8. The van der Waals surface area contributed by atoms with Gasteiger partial charge < -0.3 is 19.9 Å². The summed E-state index contributed by atoms with van der Waals surface area (Å²) in [4.78, 5) is 6.85. The van der Waals surface area contributed by atoms with Crippen molar-refractivity contribution in [2.75, 3.05) is 46.4 Å². The van der Waals surface area contributed by atoms with E-state index >= 15 is 0 Å². The topological polar surface area (TPSA) is 79.6 Å². The highest BCUT2D eigenvalue weighted by Gasteiger charge is 2.23. The summed E-state index contributed by atoms with van der Waals surface area (Å²) in [6.07, 6.45) is 2.67. The molecule has 0 amide bonds. The van der Waals surface area contributed by atoms with Gasteiger partial charge in [0.15, 0.2) is 5.96 Å². The Hall–Kier alpha value is -0.940. The van der Waals surface area contributed by atoms with Crippen LogP contribution in [0.1, 0.15) is 26.6 Å². The molecule has 1 aromatic rings. The van der Waals surface area contributed by atoms with Gasteiger partial charge in [-0.25, -0.2) is 0 Å². The maximum absolute atomic E-state index is 5.47. The number of aromatic nitrogens is 3. The fourth-order valence-corrected chi connectivity index (χ4v) is 3.15. The third-order valence-corrected chi connectivity index (χ3v) is 4.64. The van der Waals surface area contributed by atoms with Crippen LogP contribution in [0.15, 0.2) is 11.3 Å². The zero-order chi connectivity index (χ0) is 18.1. The fourth-order valence-electron chi connectivity index (χ4n) is 3.15. The number of aryl methyl sites for hydroxylation is 1. The van der Waals surface area contributed by atoms with Crippen LogP contribution in [0.4, 0.5) is 0 Å². The van der Waals surface area contributed by atoms with Gasteiger partial charge in [-0.05, 0) is 5.92 Å². The minimum Gasteiger partial charge on any atom is -0.379 e. The number of halogens is 1. The zero-order valence-corrected chi connectivity index (χ0v) is 18.8. The lowest BCUT2D eigenvalue weighted by Crippen LogP contribution is -2.52. The first kappa shape index (κ1) is 23.1. The van der Waals surface area contributed by atoms with Crippen LogP contribution in [-0.2, 0) is 17.7 Å². The van der Waals surface area contributed by atoms with Gasteiger partial charge in [0.25, 0.3) is 0 Å². The Morgan fingerprint density at radius 3 is 2.65 bits per heavy atom. The number of ether oxygens (including phenoxy) is 1. The van der Waals surface area contributed by atoms with E-state index in [2.05, 4.69) is 56.1 Å². The summed E-state index contributed by atoms with van der Waals surface area (Å²) in [5, 5.41) is 14.9. The fraction of sp³-hybridized carbons (Fsp3) is 0.824. The molecular formula is C17H34IN7O. The highest BCUT2D eigenvalue weighted by Crippen LogP contribution is 2.12. The largest absolute Gasteiger partial charge is 0.379 e.